The molecule has 1 saturated heterocycles. The fourth-order valence-corrected chi connectivity index (χ4v) is 1.99. The molecule has 1 aliphatic heterocycles. The second-order valence-corrected chi connectivity index (χ2v) is 3.98. The van der Waals surface area contributed by atoms with Gasteiger partial charge in [-0.1, -0.05) is 6.42 Å². The second kappa shape index (κ2) is 5.16. The summed E-state index contributed by atoms with van der Waals surface area (Å²) in [7, 11) is 0. The molecule has 0 amide bonds. The fourth-order valence-electron chi connectivity index (χ4n) is 1.99. The minimum atomic E-state index is 0.577. The lowest BCUT2D eigenvalue weighted by Gasteiger charge is -2.23. The van der Waals surface area contributed by atoms with Crippen molar-refractivity contribution in [1.82, 2.24) is 15.1 Å². The van der Waals surface area contributed by atoms with Crippen molar-refractivity contribution < 1.29 is 4.74 Å². The molecule has 1 aliphatic rings. The number of aromatic nitrogens is 2. The lowest BCUT2D eigenvalue weighted by atomic mass is 10.1. The van der Waals surface area contributed by atoms with Crippen molar-refractivity contribution in [3.8, 4) is 5.75 Å². The minimum absolute atomic E-state index is 0.577. The van der Waals surface area contributed by atoms with Gasteiger partial charge in [-0.25, -0.2) is 0 Å². The fraction of sp³-hybridized carbons (Fsp3) is 0.727. The summed E-state index contributed by atoms with van der Waals surface area (Å²) in [5, 5.41) is 7.79. The number of nitrogens with one attached hydrogen (secondary N) is 1. The Balaban J connectivity index is 1.86. The van der Waals surface area contributed by atoms with Crippen molar-refractivity contribution in [3.63, 3.8) is 0 Å². The zero-order chi connectivity index (χ0) is 10.5. The van der Waals surface area contributed by atoms with E-state index in [1.807, 2.05) is 17.8 Å². The monoisotopic (exact) mass is 209 g/mol. The van der Waals surface area contributed by atoms with Gasteiger partial charge in [-0.3, -0.25) is 4.68 Å². The number of hydrogen-bond donors (Lipinski definition) is 1. The van der Waals surface area contributed by atoms with Crippen LogP contribution in [0.3, 0.4) is 0 Å². The molecule has 4 nitrogen and oxygen atoms in total. The molecule has 1 fully saturated rings. The van der Waals surface area contributed by atoms with Crippen molar-refractivity contribution >= 4 is 0 Å². The van der Waals surface area contributed by atoms with E-state index in [0.717, 1.165) is 18.8 Å². The van der Waals surface area contributed by atoms with Gasteiger partial charge in [0.05, 0.1) is 25.5 Å². The lowest BCUT2D eigenvalue weighted by Crippen LogP contribution is -2.37. The Morgan fingerprint density at radius 3 is 3.27 bits per heavy atom. The molecular weight excluding hydrogens is 190 g/mol. The molecule has 84 valence electrons. The smallest absolute Gasteiger partial charge is 0.157 e. The molecule has 4 heteroatoms. The van der Waals surface area contributed by atoms with E-state index in [2.05, 4.69) is 10.4 Å². The van der Waals surface area contributed by atoms with Gasteiger partial charge in [0.25, 0.3) is 0 Å². The first-order valence-corrected chi connectivity index (χ1v) is 5.77. The minimum Gasteiger partial charge on any atom is -0.491 e. The molecule has 0 bridgehead atoms. The first-order chi connectivity index (χ1) is 7.38. The highest BCUT2D eigenvalue weighted by Crippen LogP contribution is 2.12. The van der Waals surface area contributed by atoms with Crippen molar-refractivity contribution in [2.45, 2.75) is 38.8 Å². The van der Waals surface area contributed by atoms with E-state index in [9.17, 15) is 0 Å². The molecule has 1 unspecified atom stereocenters. The van der Waals surface area contributed by atoms with Crippen molar-refractivity contribution in [1.29, 1.82) is 0 Å². The zero-order valence-electron chi connectivity index (χ0n) is 9.28. The topological polar surface area (TPSA) is 39.1 Å². The van der Waals surface area contributed by atoms with Crippen LogP contribution in [0.25, 0.3) is 0 Å². The molecule has 1 N–H and O–H groups in total. The van der Waals surface area contributed by atoms with Gasteiger partial charge < -0.3 is 10.1 Å². The van der Waals surface area contributed by atoms with Crippen LogP contribution in [0.4, 0.5) is 0 Å². The van der Waals surface area contributed by atoms with Gasteiger partial charge in [0.2, 0.25) is 0 Å². The molecule has 0 aromatic carbocycles. The maximum atomic E-state index is 5.37. The summed E-state index contributed by atoms with van der Waals surface area (Å²) in [6, 6.07) is 0.577. The van der Waals surface area contributed by atoms with Crippen LogP contribution in [0.5, 0.6) is 5.75 Å². The summed E-state index contributed by atoms with van der Waals surface area (Å²) < 4.78 is 7.34. The predicted octanol–water partition coefficient (Wildman–Crippen LogP) is 1.42. The highest BCUT2D eigenvalue weighted by atomic mass is 16.5. The van der Waals surface area contributed by atoms with Crippen LogP contribution in [0.2, 0.25) is 0 Å². The number of nitrogens with zero attached hydrogens (tertiary/aromatic N) is 2. The summed E-state index contributed by atoms with van der Waals surface area (Å²) in [4.78, 5) is 0. The summed E-state index contributed by atoms with van der Waals surface area (Å²) in [6.45, 7) is 4.78. The quantitative estimate of drug-likeness (QED) is 0.815. The van der Waals surface area contributed by atoms with Crippen molar-refractivity contribution in [3.05, 3.63) is 12.4 Å². The average Bonchev–Trinajstić information content (AvgIpc) is 2.68. The molecule has 2 heterocycles. The van der Waals surface area contributed by atoms with Crippen LogP contribution >= 0.6 is 0 Å². The summed E-state index contributed by atoms with van der Waals surface area (Å²) in [5.41, 5.74) is 0. The highest BCUT2D eigenvalue weighted by Gasteiger charge is 2.13. The van der Waals surface area contributed by atoms with E-state index in [4.69, 9.17) is 4.74 Å². The number of ether oxygens (including phenoxy) is 1. The molecule has 1 atom stereocenters. The van der Waals surface area contributed by atoms with E-state index in [1.165, 1.54) is 19.3 Å². The Morgan fingerprint density at radius 1 is 1.60 bits per heavy atom. The Hall–Kier alpha value is -1.03. The van der Waals surface area contributed by atoms with Gasteiger partial charge in [0.15, 0.2) is 5.75 Å². The maximum Gasteiger partial charge on any atom is 0.157 e. The zero-order valence-corrected chi connectivity index (χ0v) is 9.28. The van der Waals surface area contributed by atoms with E-state index >= 15 is 0 Å². The Bertz CT molecular complexity index is 292. The molecule has 0 radical (unpaired) electrons. The standard InChI is InChI=1S/C11H19N3O/c1-2-15-11-7-13-14(9-11)8-10-5-3-4-6-12-10/h7,9-10,12H,2-6,8H2,1H3. The van der Waals surface area contributed by atoms with Crippen LogP contribution in [-0.2, 0) is 6.54 Å². The van der Waals surface area contributed by atoms with Crippen LogP contribution < -0.4 is 10.1 Å². The van der Waals surface area contributed by atoms with Gasteiger partial charge in [-0.05, 0) is 26.3 Å². The lowest BCUT2D eigenvalue weighted by molar-refractivity contribution is 0.335. The molecule has 1 aromatic rings. The van der Waals surface area contributed by atoms with E-state index in [1.54, 1.807) is 6.20 Å². The van der Waals surface area contributed by atoms with Gasteiger partial charge in [0.1, 0.15) is 0 Å². The number of hydrogen-bond acceptors (Lipinski definition) is 3. The number of rotatable bonds is 4. The first-order valence-electron chi connectivity index (χ1n) is 5.77. The van der Waals surface area contributed by atoms with E-state index in [-0.39, 0.29) is 0 Å². The number of piperidine rings is 1. The van der Waals surface area contributed by atoms with E-state index in [0.29, 0.717) is 12.6 Å². The van der Waals surface area contributed by atoms with Gasteiger partial charge in [0, 0.05) is 6.04 Å². The van der Waals surface area contributed by atoms with Gasteiger partial charge >= 0.3 is 0 Å². The maximum absolute atomic E-state index is 5.37. The summed E-state index contributed by atoms with van der Waals surface area (Å²) in [5.74, 6) is 0.869. The average molecular weight is 209 g/mol. The molecule has 15 heavy (non-hydrogen) atoms. The third kappa shape index (κ3) is 2.96. The van der Waals surface area contributed by atoms with Crippen molar-refractivity contribution in [2.24, 2.45) is 0 Å². The molecule has 2 rings (SSSR count). The Morgan fingerprint density at radius 2 is 2.53 bits per heavy atom. The SMILES string of the molecule is CCOc1cnn(CC2CCCCN2)c1. The third-order valence-electron chi connectivity index (χ3n) is 2.74. The second-order valence-electron chi connectivity index (χ2n) is 3.98. The Labute approximate surface area is 90.6 Å². The molecule has 0 spiro atoms. The summed E-state index contributed by atoms with van der Waals surface area (Å²) in [6.07, 6.45) is 7.65. The van der Waals surface area contributed by atoms with Gasteiger partial charge in [-0.2, -0.15) is 5.10 Å². The highest BCUT2D eigenvalue weighted by molar-refractivity contribution is 5.11. The molecular formula is C11H19N3O. The van der Waals surface area contributed by atoms with Crippen LogP contribution in [0.15, 0.2) is 12.4 Å². The van der Waals surface area contributed by atoms with Crippen LogP contribution in [0, 0.1) is 0 Å². The molecule has 0 aliphatic carbocycles. The van der Waals surface area contributed by atoms with Crippen LogP contribution in [-0.4, -0.2) is 29.0 Å². The Kier molecular flexibility index (Phi) is 3.61. The normalized spacial score (nSPS) is 21.5. The predicted molar refractivity (Wildman–Crippen MR) is 59.0 cm³/mol. The van der Waals surface area contributed by atoms with Crippen molar-refractivity contribution in [2.75, 3.05) is 13.2 Å². The molecule has 0 saturated carbocycles. The van der Waals surface area contributed by atoms with Gasteiger partial charge in [-0.15, -0.1) is 0 Å². The third-order valence-corrected chi connectivity index (χ3v) is 2.74. The molecule has 1 aromatic heterocycles. The largest absolute Gasteiger partial charge is 0.491 e. The van der Waals surface area contributed by atoms with E-state index < -0.39 is 0 Å². The first kappa shape index (κ1) is 10.5. The van der Waals surface area contributed by atoms with Crippen LogP contribution in [0.1, 0.15) is 26.2 Å². The summed E-state index contributed by atoms with van der Waals surface area (Å²) >= 11 is 0.